The van der Waals surface area contributed by atoms with Gasteiger partial charge in [0.2, 0.25) is 0 Å². The molecule has 10 heteroatoms. The quantitative estimate of drug-likeness (QED) is 0.358. The summed E-state index contributed by atoms with van der Waals surface area (Å²) < 4.78 is 19.4. The second-order valence-corrected chi connectivity index (χ2v) is 12.0. The minimum Gasteiger partial charge on any atom is -0.491 e. The molecule has 0 radical (unpaired) electrons. The third-order valence-corrected chi connectivity index (χ3v) is 7.06. The van der Waals surface area contributed by atoms with Crippen molar-refractivity contribution in [2.45, 2.75) is 84.2 Å². The number of hydrogen-bond acceptors (Lipinski definition) is 8. The van der Waals surface area contributed by atoms with Gasteiger partial charge in [0.1, 0.15) is 17.0 Å². The van der Waals surface area contributed by atoms with Gasteiger partial charge in [-0.1, -0.05) is 0 Å². The largest absolute Gasteiger partial charge is 0.491 e. The Hall–Kier alpha value is -3.24. The maximum atomic E-state index is 11.8. The molecule has 2 saturated heterocycles. The van der Waals surface area contributed by atoms with E-state index < -0.39 is 5.60 Å². The number of nitrogens with one attached hydrogen (secondary N) is 1. The third kappa shape index (κ3) is 6.90. The number of fused-ring (bicyclic) bond motifs is 1. The predicted molar refractivity (Wildman–Crippen MR) is 153 cm³/mol. The van der Waals surface area contributed by atoms with E-state index in [1.165, 1.54) is 0 Å². The second-order valence-electron chi connectivity index (χ2n) is 12.0. The van der Waals surface area contributed by atoms with Crippen molar-refractivity contribution in [1.82, 2.24) is 30.0 Å². The molecule has 2 aliphatic heterocycles. The molecular formula is C30H42N6O4. The monoisotopic (exact) mass is 550 g/mol. The molecule has 1 atom stereocenters. The maximum absolute atomic E-state index is 11.8. The van der Waals surface area contributed by atoms with Crippen molar-refractivity contribution in [3.05, 3.63) is 36.2 Å². The van der Waals surface area contributed by atoms with Crippen LogP contribution in [0.3, 0.4) is 0 Å². The molecular weight excluding hydrogens is 508 g/mol. The van der Waals surface area contributed by atoms with Gasteiger partial charge < -0.3 is 24.4 Å². The Bertz CT molecular complexity index is 1310. The standard InChI is InChI=1S/C30H42N6O4/c1-20(2)39-22-10-11-25-23(17-22)27(34-36(25)26-9-6-7-16-38-26)28-31-14-12-24(33-28)21-18-35(19-21)15-8-13-32-29(37)40-30(3,4)5/h10-12,14,17,20-21,26H,6-9,13,15-16,18-19H2,1-5H3,(H,32,37). The summed E-state index contributed by atoms with van der Waals surface area (Å²) in [7, 11) is 0. The van der Waals surface area contributed by atoms with Gasteiger partial charge in [0.15, 0.2) is 12.1 Å². The van der Waals surface area contributed by atoms with Crippen LogP contribution in [0, 0.1) is 0 Å². The molecule has 216 valence electrons. The molecule has 4 heterocycles. The van der Waals surface area contributed by atoms with Crippen LogP contribution in [0.2, 0.25) is 0 Å². The first kappa shape index (κ1) is 28.3. The lowest BCUT2D eigenvalue weighted by molar-refractivity contribution is -0.0365. The van der Waals surface area contributed by atoms with Crippen molar-refractivity contribution in [3.8, 4) is 17.3 Å². The van der Waals surface area contributed by atoms with Gasteiger partial charge in [0, 0.05) is 43.7 Å². The Morgan fingerprint density at radius 1 is 1.20 bits per heavy atom. The van der Waals surface area contributed by atoms with Crippen LogP contribution in [0.5, 0.6) is 5.75 Å². The summed E-state index contributed by atoms with van der Waals surface area (Å²) in [5.41, 5.74) is 2.30. The Labute approximate surface area is 236 Å². The summed E-state index contributed by atoms with van der Waals surface area (Å²) in [6.45, 7) is 13.8. The van der Waals surface area contributed by atoms with Crippen molar-refractivity contribution >= 4 is 17.0 Å². The van der Waals surface area contributed by atoms with Crippen LogP contribution in [-0.4, -0.2) is 75.2 Å². The molecule has 0 bridgehead atoms. The number of benzene rings is 1. The summed E-state index contributed by atoms with van der Waals surface area (Å²) in [4.78, 5) is 23.8. The topological polar surface area (TPSA) is 104 Å². The van der Waals surface area contributed by atoms with Gasteiger partial charge in [-0.05, 0) is 91.1 Å². The molecule has 2 aliphatic rings. The number of carbonyl (C=O) groups is 1. The Kier molecular flexibility index (Phi) is 8.56. The molecule has 1 unspecified atom stereocenters. The Morgan fingerprint density at radius 3 is 2.75 bits per heavy atom. The zero-order valence-corrected chi connectivity index (χ0v) is 24.4. The molecule has 40 heavy (non-hydrogen) atoms. The summed E-state index contributed by atoms with van der Waals surface area (Å²) in [5.74, 6) is 1.77. The normalized spacial score (nSPS) is 18.6. The van der Waals surface area contributed by atoms with E-state index in [9.17, 15) is 4.79 Å². The molecule has 1 amide bonds. The summed E-state index contributed by atoms with van der Waals surface area (Å²) in [5, 5.41) is 8.80. The first-order chi connectivity index (χ1) is 19.2. The van der Waals surface area contributed by atoms with Crippen LogP contribution >= 0.6 is 0 Å². The van der Waals surface area contributed by atoms with Crippen LogP contribution in [0.25, 0.3) is 22.4 Å². The molecule has 3 aromatic rings. The van der Waals surface area contributed by atoms with Gasteiger partial charge in [-0.2, -0.15) is 5.10 Å². The smallest absolute Gasteiger partial charge is 0.407 e. The highest BCUT2D eigenvalue weighted by atomic mass is 16.6. The fourth-order valence-corrected chi connectivity index (χ4v) is 5.23. The molecule has 5 rings (SSSR count). The summed E-state index contributed by atoms with van der Waals surface area (Å²) in [6, 6.07) is 8.11. The van der Waals surface area contributed by atoms with E-state index >= 15 is 0 Å². The van der Waals surface area contributed by atoms with Crippen LogP contribution in [0.15, 0.2) is 30.5 Å². The van der Waals surface area contributed by atoms with Crippen molar-refractivity contribution in [1.29, 1.82) is 0 Å². The first-order valence-corrected chi connectivity index (χ1v) is 14.5. The Morgan fingerprint density at radius 2 is 2.02 bits per heavy atom. The molecule has 10 nitrogen and oxygen atoms in total. The number of nitrogens with zero attached hydrogens (tertiary/aromatic N) is 5. The van der Waals surface area contributed by atoms with Crippen LogP contribution < -0.4 is 10.1 Å². The number of hydrogen-bond donors (Lipinski definition) is 1. The minimum atomic E-state index is -0.483. The van der Waals surface area contributed by atoms with E-state index in [2.05, 4.69) is 21.3 Å². The molecule has 1 N–H and O–H groups in total. The van der Waals surface area contributed by atoms with E-state index in [4.69, 9.17) is 24.3 Å². The number of carbonyl (C=O) groups excluding carboxylic acids is 1. The minimum absolute atomic E-state index is 0.0758. The predicted octanol–water partition coefficient (Wildman–Crippen LogP) is 5.29. The fraction of sp³-hybridized carbons (Fsp3) is 0.600. The second kappa shape index (κ2) is 12.1. The van der Waals surface area contributed by atoms with Crippen LogP contribution in [0.4, 0.5) is 4.79 Å². The average molecular weight is 551 g/mol. The van der Waals surface area contributed by atoms with E-state index in [1.54, 1.807) is 0 Å². The molecule has 0 saturated carbocycles. The zero-order valence-electron chi connectivity index (χ0n) is 24.4. The zero-order chi connectivity index (χ0) is 28.3. The van der Waals surface area contributed by atoms with E-state index in [0.717, 1.165) is 80.0 Å². The van der Waals surface area contributed by atoms with Crippen LogP contribution in [-0.2, 0) is 9.47 Å². The molecule has 2 fully saturated rings. The SMILES string of the molecule is CC(C)Oc1ccc2c(c1)c(-c1nccc(C3CN(CCCNC(=O)OC(C)(C)C)C3)n1)nn2C1CCCCO1. The molecule has 1 aromatic carbocycles. The lowest BCUT2D eigenvalue weighted by Gasteiger charge is -2.39. The van der Waals surface area contributed by atoms with Crippen molar-refractivity contribution in [3.63, 3.8) is 0 Å². The number of amides is 1. The number of ether oxygens (including phenoxy) is 3. The summed E-state index contributed by atoms with van der Waals surface area (Å²) in [6.07, 6.45) is 5.47. The van der Waals surface area contributed by atoms with Gasteiger partial charge >= 0.3 is 6.09 Å². The fourth-order valence-electron chi connectivity index (χ4n) is 5.23. The van der Waals surface area contributed by atoms with E-state index in [1.807, 2.05) is 63.7 Å². The van der Waals surface area contributed by atoms with Gasteiger partial charge in [-0.15, -0.1) is 0 Å². The van der Waals surface area contributed by atoms with Gasteiger partial charge in [0.05, 0.1) is 17.3 Å². The summed E-state index contributed by atoms with van der Waals surface area (Å²) >= 11 is 0. The number of likely N-dealkylation sites (tertiary alicyclic amines) is 1. The number of aromatic nitrogens is 4. The first-order valence-electron chi connectivity index (χ1n) is 14.5. The van der Waals surface area contributed by atoms with E-state index in [-0.39, 0.29) is 18.4 Å². The molecule has 2 aromatic heterocycles. The van der Waals surface area contributed by atoms with Gasteiger partial charge in [-0.25, -0.2) is 19.4 Å². The Balaban J connectivity index is 1.26. The number of alkyl carbamates (subject to hydrolysis) is 1. The molecule has 0 aliphatic carbocycles. The lowest BCUT2D eigenvalue weighted by Crippen LogP contribution is -2.46. The maximum Gasteiger partial charge on any atom is 0.407 e. The van der Waals surface area contributed by atoms with Crippen molar-refractivity contribution in [2.75, 3.05) is 32.8 Å². The number of rotatable bonds is 9. The van der Waals surface area contributed by atoms with Crippen LogP contribution in [0.1, 0.15) is 78.1 Å². The highest BCUT2D eigenvalue weighted by Gasteiger charge is 2.30. The van der Waals surface area contributed by atoms with Gasteiger partial charge in [0.25, 0.3) is 0 Å². The van der Waals surface area contributed by atoms with Crippen molar-refractivity contribution < 1.29 is 19.0 Å². The highest BCUT2D eigenvalue weighted by Crippen LogP contribution is 2.35. The van der Waals surface area contributed by atoms with E-state index in [0.29, 0.717) is 18.3 Å². The molecule has 0 spiro atoms. The average Bonchev–Trinajstić information content (AvgIpc) is 3.25. The third-order valence-electron chi connectivity index (χ3n) is 7.06. The van der Waals surface area contributed by atoms with Gasteiger partial charge in [-0.3, -0.25) is 0 Å². The highest BCUT2D eigenvalue weighted by molar-refractivity contribution is 5.92. The lowest BCUT2D eigenvalue weighted by atomic mass is 9.96. The van der Waals surface area contributed by atoms with Crippen molar-refractivity contribution in [2.24, 2.45) is 0 Å².